The summed E-state index contributed by atoms with van der Waals surface area (Å²) >= 11 is 0. The minimum absolute atomic E-state index is 0.0279. The van der Waals surface area contributed by atoms with E-state index in [4.69, 9.17) is 4.74 Å². The third-order valence-corrected chi connectivity index (χ3v) is 3.87. The number of carbonyl (C=O) groups excluding carboxylic acids is 1. The van der Waals surface area contributed by atoms with Crippen molar-refractivity contribution in [3.8, 4) is 0 Å². The van der Waals surface area contributed by atoms with Crippen molar-refractivity contribution in [2.45, 2.75) is 6.61 Å². The lowest BCUT2D eigenvalue weighted by atomic mass is 10.1. The quantitative estimate of drug-likeness (QED) is 0.881. The summed E-state index contributed by atoms with van der Waals surface area (Å²) in [5.74, 6) is -1.18. The molecule has 0 amide bonds. The number of halogens is 1. The van der Waals surface area contributed by atoms with E-state index in [1.54, 1.807) is 6.07 Å². The number of benzene rings is 2. The molecule has 0 saturated carbocycles. The van der Waals surface area contributed by atoms with Crippen LogP contribution >= 0.6 is 0 Å². The number of nitrogens with zero attached hydrogens (tertiary/aromatic N) is 1. The molecule has 120 valence electrons. The number of rotatable bonds is 4. The highest BCUT2D eigenvalue weighted by atomic mass is 19.1. The van der Waals surface area contributed by atoms with E-state index in [9.17, 15) is 9.18 Å². The zero-order valence-corrected chi connectivity index (χ0v) is 12.8. The van der Waals surface area contributed by atoms with Crippen molar-refractivity contribution in [2.24, 2.45) is 0 Å². The van der Waals surface area contributed by atoms with Crippen molar-refractivity contribution in [3.63, 3.8) is 0 Å². The van der Waals surface area contributed by atoms with E-state index in [1.807, 2.05) is 30.3 Å². The Morgan fingerprint density at radius 2 is 1.87 bits per heavy atom. The molecule has 1 fully saturated rings. The van der Waals surface area contributed by atoms with Crippen LogP contribution in [0.3, 0.4) is 0 Å². The molecular formula is C18H19FN2O2. The second-order valence-corrected chi connectivity index (χ2v) is 5.46. The summed E-state index contributed by atoms with van der Waals surface area (Å²) < 4.78 is 19.4. The molecule has 0 bridgehead atoms. The molecule has 2 aromatic carbocycles. The highest BCUT2D eigenvalue weighted by molar-refractivity contribution is 5.90. The van der Waals surface area contributed by atoms with Gasteiger partial charge in [0.1, 0.15) is 12.4 Å². The fourth-order valence-corrected chi connectivity index (χ4v) is 2.59. The average molecular weight is 314 g/mol. The molecule has 0 unspecified atom stereocenters. The fraction of sp³-hybridized carbons (Fsp3) is 0.278. The van der Waals surface area contributed by atoms with E-state index in [-0.39, 0.29) is 12.2 Å². The Morgan fingerprint density at radius 1 is 1.13 bits per heavy atom. The molecule has 5 heteroatoms. The van der Waals surface area contributed by atoms with Gasteiger partial charge in [-0.3, -0.25) is 0 Å². The Kier molecular flexibility index (Phi) is 4.88. The van der Waals surface area contributed by atoms with Gasteiger partial charge in [0.2, 0.25) is 0 Å². The van der Waals surface area contributed by atoms with Gasteiger partial charge in [0, 0.05) is 31.9 Å². The standard InChI is InChI=1S/C18H19FN2O2/c19-17-12-15(21-10-8-20-9-11-21)6-7-16(17)18(22)23-13-14-4-2-1-3-5-14/h1-7,12,20H,8-11,13H2. The molecular weight excluding hydrogens is 295 g/mol. The van der Waals surface area contributed by atoms with Crippen LogP contribution in [0.4, 0.5) is 10.1 Å². The number of carbonyl (C=O) groups is 1. The van der Waals surface area contributed by atoms with Crippen LogP contribution in [0.1, 0.15) is 15.9 Å². The molecule has 23 heavy (non-hydrogen) atoms. The van der Waals surface area contributed by atoms with Gasteiger partial charge >= 0.3 is 5.97 Å². The van der Waals surface area contributed by atoms with Gasteiger partial charge in [-0.1, -0.05) is 30.3 Å². The van der Waals surface area contributed by atoms with Crippen LogP contribution in [-0.2, 0) is 11.3 Å². The molecule has 1 heterocycles. The highest BCUT2D eigenvalue weighted by Crippen LogP contribution is 2.20. The zero-order valence-electron chi connectivity index (χ0n) is 12.8. The van der Waals surface area contributed by atoms with E-state index in [0.717, 1.165) is 37.4 Å². The van der Waals surface area contributed by atoms with Crippen molar-refractivity contribution in [1.82, 2.24) is 5.32 Å². The summed E-state index contributed by atoms with van der Waals surface area (Å²) in [5.41, 5.74) is 1.64. The first kappa shape index (κ1) is 15.5. The largest absolute Gasteiger partial charge is 0.457 e. The molecule has 1 saturated heterocycles. The van der Waals surface area contributed by atoms with Gasteiger partial charge in [-0.2, -0.15) is 0 Å². The first-order chi connectivity index (χ1) is 11.2. The van der Waals surface area contributed by atoms with Gasteiger partial charge in [-0.25, -0.2) is 9.18 Å². The van der Waals surface area contributed by atoms with Crippen molar-refractivity contribution >= 4 is 11.7 Å². The molecule has 0 atom stereocenters. The second-order valence-electron chi connectivity index (χ2n) is 5.46. The van der Waals surface area contributed by atoms with Crippen molar-refractivity contribution < 1.29 is 13.9 Å². The summed E-state index contributed by atoms with van der Waals surface area (Å²) in [4.78, 5) is 14.1. The predicted molar refractivity (Wildman–Crippen MR) is 87.0 cm³/mol. The summed E-state index contributed by atoms with van der Waals surface area (Å²) in [6.07, 6.45) is 0. The second kappa shape index (κ2) is 7.24. The maximum Gasteiger partial charge on any atom is 0.341 e. The fourth-order valence-electron chi connectivity index (χ4n) is 2.59. The lowest BCUT2D eigenvalue weighted by molar-refractivity contribution is 0.0467. The normalized spacial score (nSPS) is 14.6. The number of piperazine rings is 1. The zero-order chi connectivity index (χ0) is 16.1. The maximum absolute atomic E-state index is 14.2. The van der Waals surface area contributed by atoms with Crippen LogP contribution in [0.15, 0.2) is 48.5 Å². The number of hydrogen-bond acceptors (Lipinski definition) is 4. The van der Waals surface area contributed by atoms with Gasteiger partial charge in [0.05, 0.1) is 5.56 Å². The van der Waals surface area contributed by atoms with Crippen LogP contribution in [0, 0.1) is 5.82 Å². The molecule has 0 radical (unpaired) electrons. The predicted octanol–water partition coefficient (Wildman–Crippen LogP) is 2.59. The lowest BCUT2D eigenvalue weighted by Crippen LogP contribution is -2.43. The van der Waals surface area contributed by atoms with E-state index < -0.39 is 11.8 Å². The number of ether oxygens (including phenoxy) is 1. The molecule has 0 spiro atoms. The highest BCUT2D eigenvalue weighted by Gasteiger charge is 2.17. The average Bonchev–Trinajstić information content (AvgIpc) is 2.61. The van der Waals surface area contributed by atoms with Crippen LogP contribution < -0.4 is 10.2 Å². The van der Waals surface area contributed by atoms with Crippen LogP contribution in [0.2, 0.25) is 0 Å². The van der Waals surface area contributed by atoms with Gasteiger partial charge in [0.15, 0.2) is 0 Å². The van der Waals surface area contributed by atoms with Crippen molar-refractivity contribution in [3.05, 3.63) is 65.5 Å². The van der Waals surface area contributed by atoms with E-state index >= 15 is 0 Å². The summed E-state index contributed by atoms with van der Waals surface area (Å²) in [5, 5.41) is 3.25. The van der Waals surface area contributed by atoms with E-state index in [2.05, 4.69) is 10.2 Å². The lowest BCUT2D eigenvalue weighted by Gasteiger charge is -2.29. The number of anilines is 1. The van der Waals surface area contributed by atoms with Gasteiger partial charge in [-0.15, -0.1) is 0 Å². The SMILES string of the molecule is O=C(OCc1ccccc1)c1ccc(N2CCNCC2)cc1F. The maximum atomic E-state index is 14.2. The van der Waals surface area contributed by atoms with Crippen LogP contribution in [0.25, 0.3) is 0 Å². The third kappa shape index (κ3) is 3.87. The third-order valence-electron chi connectivity index (χ3n) is 3.87. The number of hydrogen-bond donors (Lipinski definition) is 1. The minimum atomic E-state index is -0.641. The van der Waals surface area contributed by atoms with E-state index in [0.29, 0.717) is 0 Å². The Bertz CT molecular complexity index is 670. The summed E-state index contributed by atoms with van der Waals surface area (Å²) in [7, 11) is 0. The molecule has 0 aromatic heterocycles. The molecule has 2 aromatic rings. The topological polar surface area (TPSA) is 41.6 Å². The minimum Gasteiger partial charge on any atom is -0.457 e. The monoisotopic (exact) mass is 314 g/mol. The molecule has 0 aliphatic carbocycles. The number of esters is 1. The Morgan fingerprint density at radius 3 is 2.57 bits per heavy atom. The molecule has 1 aliphatic heterocycles. The Hall–Kier alpha value is -2.40. The first-order valence-electron chi connectivity index (χ1n) is 7.70. The smallest absolute Gasteiger partial charge is 0.341 e. The van der Waals surface area contributed by atoms with Gasteiger partial charge < -0.3 is 15.0 Å². The molecule has 1 aliphatic rings. The van der Waals surface area contributed by atoms with E-state index in [1.165, 1.54) is 12.1 Å². The summed E-state index contributed by atoms with van der Waals surface area (Å²) in [6, 6.07) is 14.0. The molecule has 4 nitrogen and oxygen atoms in total. The van der Waals surface area contributed by atoms with Gasteiger partial charge in [-0.05, 0) is 23.8 Å². The Balaban J connectivity index is 1.66. The molecule has 1 N–H and O–H groups in total. The molecule has 3 rings (SSSR count). The number of nitrogens with one attached hydrogen (secondary N) is 1. The van der Waals surface area contributed by atoms with Crippen molar-refractivity contribution in [2.75, 3.05) is 31.1 Å². The van der Waals surface area contributed by atoms with Crippen LogP contribution in [-0.4, -0.2) is 32.1 Å². The first-order valence-corrected chi connectivity index (χ1v) is 7.70. The summed E-state index contributed by atoms with van der Waals surface area (Å²) in [6.45, 7) is 3.55. The van der Waals surface area contributed by atoms with Crippen LogP contribution in [0.5, 0.6) is 0 Å². The Labute approximate surface area is 134 Å². The van der Waals surface area contributed by atoms with Gasteiger partial charge in [0.25, 0.3) is 0 Å². The van der Waals surface area contributed by atoms with Crippen molar-refractivity contribution in [1.29, 1.82) is 0 Å².